The molecule has 4 aromatic rings. The van der Waals surface area contributed by atoms with Gasteiger partial charge in [-0.15, -0.1) is 11.3 Å². The number of thiophene rings is 1. The van der Waals surface area contributed by atoms with Gasteiger partial charge in [-0.05, 0) is 29.1 Å². The molecule has 0 saturated carbocycles. The first-order chi connectivity index (χ1) is 11.4. The van der Waals surface area contributed by atoms with Gasteiger partial charge in [-0.25, -0.2) is 9.97 Å². The Morgan fingerprint density at radius 3 is 2.70 bits per heavy atom. The average molecular weight is 318 g/mol. The third-order valence-corrected chi connectivity index (χ3v) is 4.44. The Morgan fingerprint density at radius 2 is 1.87 bits per heavy atom. The molecule has 0 amide bonds. The Bertz CT molecular complexity index is 920. The molecular formula is C18H14N4S. The number of benzene rings is 1. The van der Waals surface area contributed by atoms with Crippen molar-refractivity contribution in [3.63, 3.8) is 0 Å². The van der Waals surface area contributed by atoms with Crippen molar-refractivity contribution >= 4 is 27.4 Å². The van der Waals surface area contributed by atoms with Gasteiger partial charge < -0.3 is 5.32 Å². The van der Waals surface area contributed by atoms with E-state index in [4.69, 9.17) is 4.98 Å². The van der Waals surface area contributed by atoms with Crippen LogP contribution >= 0.6 is 11.3 Å². The molecule has 0 aliphatic carbocycles. The van der Waals surface area contributed by atoms with Gasteiger partial charge in [-0.2, -0.15) is 0 Å². The molecule has 23 heavy (non-hydrogen) atoms. The minimum atomic E-state index is 0.694. The molecule has 4 rings (SSSR count). The van der Waals surface area contributed by atoms with Crippen LogP contribution < -0.4 is 5.32 Å². The Balaban J connectivity index is 1.71. The summed E-state index contributed by atoms with van der Waals surface area (Å²) in [5.74, 6) is 1.56. The van der Waals surface area contributed by atoms with Gasteiger partial charge in [0.2, 0.25) is 0 Å². The number of nitrogens with zero attached hydrogens (tertiary/aromatic N) is 3. The summed E-state index contributed by atoms with van der Waals surface area (Å²) in [4.78, 5) is 13.5. The Morgan fingerprint density at radius 1 is 0.957 bits per heavy atom. The number of aromatic nitrogens is 3. The minimum absolute atomic E-state index is 0.694. The van der Waals surface area contributed by atoms with E-state index in [0.29, 0.717) is 5.82 Å². The topological polar surface area (TPSA) is 50.7 Å². The molecule has 1 aromatic carbocycles. The summed E-state index contributed by atoms with van der Waals surface area (Å²) in [7, 11) is 0. The summed E-state index contributed by atoms with van der Waals surface area (Å²) in [5.41, 5.74) is 3.10. The molecule has 0 aliphatic rings. The van der Waals surface area contributed by atoms with Crippen molar-refractivity contribution in [3.8, 4) is 11.4 Å². The summed E-state index contributed by atoms with van der Waals surface area (Å²) >= 11 is 1.65. The monoisotopic (exact) mass is 318 g/mol. The van der Waals surface area contributed by atoms with Crippen LogP contribution in [0, 0.1) is 0 Å². The van der Waals surface area contributed by atoms with Gasteiger partial charge in [0.25, 0.3) is 0 Å². The van der Waals surface area contributed by atoms with Gasteiger partial charge in [0, 0.05) is 24.5 Å². The van der Waals surface area contributed by atoms with Gasteiger partial charge in [0.1, 0.15) is 5.82 Å². The highest BCUT2D eigenvalue weighted by Gasteiger charge is 2.10. The Labute approximate surface area is 137 Å². The maximum atomic E-state index is 4.71. The van der Waals surface area contributed by atoms with E-state index in [1.54, 1.807) is 23.7 Å². The smallest absolute Gasteiger partial charge is 0.163 e. The van der Waals surface area contributed by atoms with E-state index in [2.05, 4.69) is 27.4 Å². The first-order valence-corrected chi connectivity index (χ1v) is 8.21. The molecular weight excluding hydrogens is 304 g/mol. The highest BCUT2D eigenvalue weighted by atomic mass is 32.1. The number of anilines is 1. The van der Waals surface area contributed by atoms with E-state index in [0.717, 1.165) is 28.1 Å². The summed E-state index contributed by atoms with van der Waals surface area (Å²) in [6, 6.07) is 16.2. The van der Waals surface area contributed by atoms with Crippen molar-refractivity contribution in [2.45, 2.75) is 6.54 Å². The van der Waals surface area contributed by atoms with Crippen LogP contribution in [0.3, 0.4) is 0 Å². The van der Waals surface area contributed by atoms with Crippen LogP contribution in [0.1, 0.15) is 5.56 Å². The van der Waals surface area contributed by atoms with E-state index >= 15 is 0 Å². The number of rotatable bonds is 4. The summed E-state index contributed by atoms with van der Waals surface area (Å²) in [5, 5.41) is 5.48. The predicted molar refractivity (Wildman–Crippen MR) is 94.4 cm³/mol. The number of pyridine rings is 1. The van der Waals surface area contributed by atoms with Crippen molar-refractivity contribution in [1.82, 2.24) is 15.0 Å². The van der Waals surface area contributed by atoms with Crippen molar-refractivity contribution in [2.75, 3.05) is 5.32 Å². The molecule has 0 spiro atoms. The SMILES string of the molecule is c1ccc(CNc2nc(-c3cccnc3)nc3ccsc23)cc1. The molecule has 0 unspecified atom stereocenters. The molecule has 3 heterocycles. The fourth-order valence-electron chi connectivity index (χ4n) is 2.39. The van der Waals surface area contributed by atoms with Gasteiger partial charge in [0.15, 0.2) is 5.82 Å². The maximum absolute atomic E-state index is 4.71. The standard InChI is InChI=1S/C18H14N4S/c1-2-5-13(6-3-1)11-20-18-16-15(8-10-23-16)21-17(22-18)14-7-4-9-19-12-14/h1-10,12H,11H2,(H,20,21,22). The molecule has 0 bridgehead atoms. The third-order valence-electron chi connectivity index (χ3n) is 3.53. The van der Waals surface area contributed by atoms with Gasteiger partial charge in [-0.3, -0.25) is 4.98 Å². The van der Waals surface area contributed by atoms with Crippen LogP contribution in [0.15, 0.2) is 66.3 Å². The number of hydrogen-bond donors (Lipinski definition) is 1. The van der Waals surface area contributed by atoms with Crippen molar-refractivity contribution in [3.05, 3.63) is 71.9 Å². The fourth-order valence-corrected chi connectivity index (χ4v) is 3.19. The lowest BCUT2D eigenvalue weighted by Gasteiger charge is -2.09. The minimum Gasteiger partial charge on any atom is -0.365 e. The lowest BCUT2D eigenvalue weighted by molar-refractivity contribution is 1.11. The third kappa shape index (κ3) is 2.91. The normalized spacial score (nSPS) is 10.8. The van der Waals surface area contributed by atoms with Crippen LogP contribution in [0.5, 0.6) is 0 Å². The quantitative estimate of drug-likeness (QED) is 0.607. The average Bonchev–Trinajstić information content (AvgIpc) is 3.10. The van der Waals surface area contributed by atoms with Crippen molar-refractivity contribution in [2.24, 2.45) is 0 Å². The predicted octanol–water partition coefficient (Wildman–Crippen LogP) is 4.37. The van der Waals surface area contributed by atoms with Gasteiger partial charge in [-0.1, -0.05) is 30.3 Å². The molecule has 5 heteroatoms. The highest BCUT2D eigenvalue weighted by Crippen LogP contribution is 2.29. The van der Waals surface area contributed by atoms with Crippen LogP contribution in [0.25, 0.3) is 21.6 Å². The highest BCUT2D eigenvalue weighted by molar-refractivity contribution is 7.17. The van der Waals surface area contributed by atoms with Crippen LogP contribution in [0.4, 0.5) is 5.82 Å². The van der Waals surface area contributed by atoms with E-state index in [1.165, 1.54) is 5.56 Å². The molecule has 4 nitrogen and oxygen atoms in total. The zero-order chi connectivity index (χ0) is 15.5. The second-order valence-electron chi connectivity index (χ2n) is 5.11. The summed E-state index contributed by atoms with van der Waals surface area (Å²) in [6.45, 7) is 0.733. The van der Waals surface area contributed by atoms with E-state index < -0.39 is 0 Å². The molecule has 0 fully saturated rings. The summed E-state index contributed by atoms with van der Waals surface area (Å²) < 4.78 is 1.08. The van der Waals surface area contributed by atoms with Crippen LogP contribution in [0.2, 0.25) is 0 Å². The lowest BCUT2D eigenvalue weighted by Crippen LogP contribution is -2.03. The zero-order valence-corrected chi connectivity index (χ0v) is 13.1. The molecule has 3 aromatic heterocycles. The van der Waals surface area contributed by atoms with Crippen molar-refractivity contribution in [1.29, 1.82) is 0 Å². The lowest BCUT2D eigenvalue weighted by atomic mass is 10.2. The molecule has 0 atom stereocenters. The van der Waals surface area contributed by atoms with Crippen LogP contribution in [-0.2, 0) is 6.54 Å². The number of nitrogens with one attached hydrogen (secondary N) is 1. The first kappa shape index (κ1) is 13.8. The molecule has 0 aliphatic heterocycles. The second kappa shape index (κ2) is 6.14. The fraction of sp³-hybridized carbons (Fsp3) is 0.0556. The molecule has 112 valence electrons. The maximum Gasteiger partial charge on any atom is 0.163 e. The molecule has 0 radical (unpaired) electrons. The first-order valence-electron chi connectivity index (χ1n) is 7.33. The summed E-state index contributed by atoms with van der Waals surface area (Å²) in [6.07, 6.45) is 3.54. The van der Waals surface area contributed by atoms with E-state index in [1.807, 2.05) is 41.8 Å². The van der Waals surface area contributed by atoms with Gasteiger partial charge >= 0.3 is 0 Å². The number of hydrogen-bond acceptors (Lipinski definition) is 5. The molecule has 0 saturated heterocycles. The number of fused-ring (bicyclic) bond motifs is 1. The van der Waals surface area contributed by atoms with Crippen molar-refractivity contribution < 1.29 is 0 Å². The Hall–Kier alpha value is -2.79. The van der Waals surface area contributed by atoms with Crippen LogP contribution in [-0.4, -0.2) is 15.0 Å². The van der Waals surface area contributed by atoms with E-state index in [-0.39, 0.29) is 0 Å². The second-order valence-corrected chi connectivity index (χ2v) is 6.03. The molecule has 1 N–H and O–H groups in total. The Kier molecular flexibility index (Phi) is 3.70. The van der Waals surface area contributed by atoms with E-state index in [9.17, 15) is 0 Å². The largest absolute Gasteiger partial charge is 0.365 e. The zero-order valence-electron chi connectivity index (χ0n) is 12.3. The van der Waals surface area contributed by atoms with Gasteiger partial charge in [0.05, 0.1) is 10.2 Å².